The van der Waals surface area contributed by atoms with E-state index in [1.165, 1.54) is 6.33 Å². The Morgan fingerprint density at radius 2 is 2.35 bits per heavy atom. The van der Waals surface area contributed by atoms with Crippen LogP contribution >= 0.6 is 0 Å². The van der Waals surface area contributed by atoms with Crippen LogP contribution in [0, 0.1) is 0 Å². The summed E-state index contributed by atoms with van der Waals surface area (Å²) in [6.07, 6.45) is 2.26. The number of aromatic amines is 1. The van der Waals surface area contributed by atoms with Crippen LogP contribution < -0.4 is 15.8 Å². The molecule has 0 fully saturated rings. The topological polar surface area (TPSA) is 88.8 Å². The van der Waals surface area contributed by atoms with Crippen LogP contribution in [0.5, 0.6) is 5.75 Å². The van der Waals surface area contributed by atoms with Crippen molar-refractivity contribution in [2.45, 2.75) is 6.42 Å². The van der Waals surface area contributed by atoms with Crippen molar-refractivity contribution in [3.63, 3.8) is 0 Å². The fourth-order valence-corrected chi connectivity index (χ4v) is 1.48. The zero-order valence-corrected chi connectivity index (χ0v) is 9.60. The minimum absolute atomic E-state index is 0.698. The number of aromatic nitrogens is 3. The lowest BCUT2D eigenvalue weighted by Gasteiger charge is -2.10. The summed E-state index contributed by atoms with van der Waals surface area (Å²) < 4.78 is 5.14. The summed E-state index contributed by atoms with van der Waals surface area (Å²) >= 11 is 0. The molecule has 0 amide bonds. The molecule has 0 unspecified atom stereocenters. The number of hydrogen-bond acceptors (Lipinski definition) is 5. The first-order valence-electron chi connectivity index (χ1n) is 5.31. The molecule has 4 N–H and O–H groups in total. The van der Waals surface area contributed by atoms with Crippen LogP contribution in [0.15, 0.2) is 24.5 Å². The second kappa shape index (κ2) is 5.20. The maximum absolute atomic E-state index is 5.85. The van der Waals surface area contributed by atoms with Gasteiger partial charge in [0.1, 0.15) is 17.9 Å². The van der Waals surface area contributed by atoms with Gasteiger partial charge in [-0.25, -0.2) is 4.98 Å². The molecule has 0 atom stereocenters. The molecule has 0 saturated heterocycles. The van der Waals surface area contributed by atoms with E-state index in [4.69, 9.17) is 10.5 Å². The van der Waals surface area contributed by atoms with Gasteiger partial charge >= 0.3 is 0 Å². The number of methoxy groups -OCH3 is 1. The lowest BCUT2D eigenvalue weighted by molar-refractivity contribution is 0.415. The monoisotopic (exact) mass is 233 g/mol. The van der Waals surface area contributed by atoms with Gasteiger partial charge in [-0.05, 0) is 12.1 Å². The van der Waals surface area contributed by atoms with E-state index < -0.39 is 0 Å². The van der Waals surface area contributed by atoms with Gasteiger partial charge in [-0.15, -0.1) is 0 Å². The summed E-state index contributed by atoms with van der Waals surface area (Å²) in [6, 6.07) is 5.52. The van der Waals surface area contributed by atoms with E-state index >= 15 is 0 Å². The van der Waals surface area contributed by atoms with Crippen LogP contribution in [0.4, 0.5) is 11.4 Å². The normalized spacial score (nSPS) is 10.2. The molecule has 1 aromatic heterocycles. The fourth-order valence-electron chi connectivity index (χ4n) is 1.48. The van der Waals surface area contributed by atoms with Crippen LogP contribution in [0.3, 0.4) is 0 Å². The van der Waals surface area contributed by atoms with E-state index in [1.807, 2.05) is 18.2 Å². The summed E-state index contributed by atoms with van der Waals surface area (Å²) in [5.74, 6) is 1.63. The number of nitrogens with zero attached hydrogens (tertiary/aromatic N) is 2. The zero-order valence-electron chi connectivity index (χ0n) is 9.60. The first kappa shape index (κ1) is 11.3. The molecule has 2 rings (SSSR count). The summed E-state index contributed by atoms with van der Waals surface area (Å²) in [4.78, 5) is 4.04. The Kier molecular flexibility index (Phi) is 3.44. The van der Waals surface area contributed by atoms with E-state index in [0.29, 0.717) is 5.69 Å². The number of anilines is 2. The van der Waals surface area contributed by atoms with Crippen LogP contribution in [0.2, 0.25) is 0 Å². The predicted octanol–water partition coefficient (Wildman–Crippen LogP) is 1.05. The Hall–Kier alpha value is -2.24. The Morgan fingerprint density at radius 1 is 1.47 bits per heavy atom. The predicted molar refractivity (Wildman–Crippen MR) is 66.0 cm³/mol. The van der Waals surface area contributed by atoms with E-state index in [9.17, 15) is 0 Å². The highest BCUT2D eigenvalue weighted by Crippen LogP contribution is 2.24. The van der Waals surface area contributed by atoms with E-state index in [1.54, 1.807) is 7.11 Å². The molecular weight excluding hydrogens is 218 g/mol. The molecule has 6 heteroatoms. The zero-order chi connectivity index (χ0) is 12.1. The van der Waals surface area contributed by atoms with Crippen molar-refractivity contribution in [2.24, 2.45) is 0 Å². The number of H-pyrrole nitrogens is 1. The molecule has 0 aliphatic rings. The van der Waals surface area contributed by atoms with Gasteiger partial charge in [-0.2, -0.15) is 5.10 Å². The highest BCUT2D eigenvalue weighted by molar-refractivity contribution is 5.68. The third kappa shape index (κ3) is 2.87. The van der Waals surface area contributed by atoms with Crippen LogP contribution in [-0.4, -0.2) is 28.8 Å². The van der Waals surface area contributed by atoms with Crippen molar-refractivity contribution >= 4 is 11.4 Å². The number of benzene rings is 1. The minimum Gasteiger partial charge on any atom is -0.497 e. The third-order valence-corrected chi connectivity index (χ3v) is 2.40. The summed E-state index contributed by atoms with van der Waals surface area (Å²) in [5.41, 5.74) is 7.41. The molecule has 0 aliphatic carbocycles. The molecule has 0 aliphatic heterocycles. The van der Waals surface area contributed by atoms with Crippen molar-refractivity contribution in [3.8, 4) is 5.75 Å². The number of nitrogens with two attached hydrogens (primary N) is 1. The molecule has 0 radical (unpaired) electrons. The summed E-state index contributed by atoms with van der Waals surface area (Å²) in [5, 5.41) is 9.82. The standard InChI is InChI=1S/C11H15N5O/c1-17-8-2-3-9(12)10(6-8)13-5-4-11-14-7-15-16-11/h2-3,6-7,13H,4-5,12H2,1H3,(H,14,15,16). The van der Waals surface area contributed by atoms with Crippen LogP contribution in [0.25, 0.3) is 0 Å². The van der Waals surface area contributed by atoms with E-state index in [-0.39, 0.29) is 0 Å². The third-order valence-electron chi connectivity index (χ3n) is 2.40. The maximum atomic E-state index is 5.85. The van der Waals surface area contributed by atoms with Gasteiger partial charge < -0.3 is 15.8 Å². The molecule has 90 valence electrons. The number of nitrogen functional groups attached to an aromatic ring is 1. The first-order chi connectivity index (χ1) is 8.29. The van der Waals surface area contributed by atoms with Gasteiger partial charge in [0.15, 0.2) is 0 Å². The Labute approximate surface area is 99.2 Å². The molecule has 6 nitrogen and oxygen atoms in total. The van der Waals surface area contributed by atoms with Crippen molar-refractivity contribution in [3.05, 3.63) is 30.4 Å². The number of hydrogen-bond donors (Lipinski definition) is 3. The van der Waals surface area contributed by atoms with Gasteiger partial charge in [-0.1, -0.05) is 0 Å². The average molecular weight is 233 g/mol. The quantitative estimate of drug-likeness (QED) is 0.672. The molecule has 1 aromatic carbocycles. The molecule has 0 spiro atoms. The van der Waals surface area contributed by atoms with Gasteiger partial charge in [0.25, 0.3) is 0 Å². The smallest absolute Gasteiger partial charge is 0.137 e. The summed E-state index contributed by atoms with van der Waals surface area (Å²) in [7, 11) is 1.63. The van der Waals surface area contributed by atoms with Gasteiger partial charge in [0.05, 0.1) is 18.5 Å². The number of nitrogens with one attached hydrogen (secondary N) is 2. The van der Waals surface area contributed by atoms with E-state index in [2.05, 4.69) is 20.5 Å². The molecular formula is C11H15N5O. The lowest BCUT2D eigenvalue weighted by atomic mass is 10.2. The Bertz CT molecular complexity index is 469. The molecule has 0 saturated carbocycles. The van der Waals surface area contributed by atoms with Crippen LogP contribution in [-0.2, 0) is 6.42 Å². The highest BCUT2D eigenvalue weighted by Gasteiger charge is 2.01. The first-order valence-corrected chi connectivity index (χ1v) is 5.31. The molecule has 2 aromatic rings. The molecule has 0 bridgehead atoms. The SMILES string of the molecule is COc1ccc(N)c(NCCc2ncn[nH]2)c1. The Balaban J connectivity index is 1.94. The molecule has 1 heterocycles. The van der Waals surface area contributed by atoms with Crippen molar-refractivity contribution in [1.29, 1.82) is 0 Å². The Morgan fingerprint density at radius 3 is 3.06 bits per heavy atom. The van der Waals surface area contributed by atoms with Crippen molar-refractivity contribution in [2.75, 3.05) is 24.7 Å². The van der Waals surface area contributed by atoms with Crippen LogP contribution in [0.1, 0.15) is 5.82 Å². The second-order valence-corrected chi connectivity index (χ2v) is 3.56. The van der Waals surface area contributed by atoms with Gasteiger partial charge in [-0.3, -0.25) is 5.10 Å². The molecule has 17 heavy (non-hydrogen) atoms. The fraction of sp³-hybridized carbons (Fsp3) is 0.273. The van der Waals surface area contributed by atoms with Gasteiger partial charge in [0.2, 0.25) is 0 Å². The maximum Gasteiger partial charge on any atom is 0.137 e. The number of ether oxygens (including phenoxy) is 1. The second-order valence-electron chi connectivity index (χ2n) is 3.56. The van der Waals surface area contributed by atoms with E-state index in [0.717, 1.165) is 30.2 Å². The number of rotatable bonds is 5. The average Bonchev–Trinajstić information content (AvgIpc) is 2.84. The van der Waals surface area contributed by atoms with Crippen molar-refractivity contribution < 1.29 is 4.74 Å². The highest BCUT2D eigenvalue weighted by atomic mass is 16.5. The summed E-state index contributed by atoms with van der Waals surface area (Å²) in [6.45, 7) is 0.729. The van der Waals surface area contributed by atoms with Crippen molar-refractivity contribution in [1.82, 2.24) is 15.2 Å². The largest absolute Gasteiger partial charge is 0.497 e. The minimum atomic E-state index is 0.698. The lowest BCUT2D eigenvalue weighted by Crippen LogP contribution is -2.08. The van der Waals surface area contributed by atoms with Gasteiger partial charge in [0, 0.05) is 19.0 Å².